The highest BCUT2D eigenvalue weighted by molar-refractivity contribution is 5.85. The SMILES string of the molecule is CCNC(=O)C1COCCN1C(COC)C(=O)NN. The average Bonchev–Trinajstić information content (AvgIpc) is 2.44. The third-order valence-electron chi connectivity index (χ3n) is 2.99. The molecule has 1 rings (SSSR count). The van der Waals surface area contributed by atoms with E-state index in [1.165, 1.54) is 7.11 Å². The highest BCUT2D eigenvalue weighted by atomic mass is 16.5. The molecule has 0 bridgehead atoms. The number of rotatable bonds is 6. The van der Waals surface area contributed by atoms with Gasteiger partial charge in [0.05, 0.1) is 19.8 Å². The second-order valence-corrected chi connectivity index (χ2v) is 4.20. The molecule has 0 aromatic heterocycles. The Balaban J connectivity index is 2.83. The molecular formula is C11H22N4O4. The summed E-state index contributed by atoms with van der Waals surface area (Å²) < 4.78 is 10.4. The van der Waals surface area contributed by atoms with Gasteiger partial charge in [0.2, 0.25) is 5.91 Å². The number of carbonyl (C=O) groups excluding carboxylic acids is 2. The number of nitrogens with two attached hydrogens (primary N) is 1. The lowest BCUT2D eigenvalue weighted by Gasteiger charge is -2.38. The van der Waals surface area contributed by atoms with Crippen LogP contribution in [0.2, 0.25) is 0 Å². The molecule has 1 fully saturated rings. The van der Waals surface area contributed by atoms with E-state index in [9.17, 15) is 9.59 Å². The fourth-order valence-electron chi connectivity index (χ4n) is 2.08. The first kappa shape index (κ1) is 15.8. The van der Waals surface area contributed by atoms with E-state index in [1.54, 1.807) is 4.90 Å². The zero-order valence-electron chi connectivity index (χ0n) is 11.3. The number of hydrogen-bond acceptors (Lipinski definition) is 6. The van der Waals surface area contributed by atoms with Crippen LogP contribution in [0.1, 0.15) is 6.92 Å². The fraction of sp³-hybridized carbons (Fsp3) is 0.818. The van der Waals surface area contributed by atoms with E-state index in [2.05, 4.69) is 10.7 Å². The van der Waals surface area contributed by atoms with Gasteiger partial charge in [-0.3, -0.25) is 19.9 Å². The smallest absolute Gasteiger partial charge is 0.253 e. The summed E-state index contributed by atoms with van der Waals surface area (Å²) >= 11 is 0. The summed E-state index contributed by atoms with van der Waals surface area (Å²) in [4.78, 5) is 25.6. The predicted octanol–water partition coefficient (Wildman–Crippen LogP) is -2.17. The Kier molecular flexibility index (Phi) is 6.71. The van der Waals surface area contributed by atoms with Crippen molar-refractivity contribution < 1.29 is 19.1 Å². The van der Waals surface area contributed by atoms with Crippen molar-refractivity contribution in [1.82, 2.24) is 15.6 Å². The van der Waals surface area contributed by atoms with E-state index >= 15 is 0 Å². The van der Waals surface area contributed by atoms with Crippen LogP contribution in [0.5, 0.6) is 0 Å². The molecular weight excluding hydrogens is 252 g/mol. The van der Waals surface area contributed by atoms with Gasteiger partial charge in [-0.2, -0.15) is 0 Å². The van der Waals surface area contributed by atoms with Crippen molar-refractivity contribution in [2.45, 2.75) is 19.0 Å². The average molecular weight is 274 g/mol. The van der Waals surface area contributed by atoms with Crippen LogP contribution in [0.25, 0.3) is 0 Å². The number of nitrogens with zero attached hydrogens (tertiary/aromatic N) is 1. The largest absolute Gasteiger partial charge is 0.383 e. The minimum absolute atomic E-state index is 0.159. The lowest BCUT2D eigenvalue weighted by Crippen LogP contribution is -2.62. The Labute approximate surface area is 112 Å². The highest BCUT2D eigenvalue weighted by Crippen LogP contribution is 2.12. The summed E-state index contributed by atoms with van der Waals surface area (Å²) in [5.41, 5.74) is 2.11. The molecule has 1 heterocycles. The van der Waals surface area contributed by atoms with Crippen LogP contribution in [0, 0.1) is 0 Å². The zero-order valence-corrected chi connectivity index (χ0v) is 11.3. The van der Waals surface area contributed by atoms with Gasteiger partial charge in [0.15, 0.2) is 0 Å². The van der Waals surface area contributed by atoms with Crippen molar-refractivity contribution in [3.8, 4) is 0 Å². The number of nitrogens with one attached hydrogen (secondary N) is 2. The van der Waals surface area contributed by atoms with Crippen molar-refractivity contribution in [3.05, 3.63) is 0 Å². The molecule has 0 spiro atoms. The number of hydrogen-bond donors (Lipinski definition) is 3. The van der Waals surface area contributed by atoms with E-state index in [0.29, 0.717) is 19.7 Å². The van der Waals surface area contributed by atoms with Gasteiger partial charge >= 0.3 is 0 Å². The standard InChI is InChI=1S/C11H22N4O4/c1-3-13-10(16)9-7-19-5-4-15(9)8(6-18-2)11(17)14-12/h8-9H,3-7,12H2,1-2H3,(H,13,16)(H,14,17). The van der Waals surface area contributed by atoms with E-state index in [0.717, 1.165) is 0 Å². The molecule has 2 amide bonds. The summed E-state index contributed by atoms with van der Waals surface area (Å²) in [6.07, 6.45) is 0. The summed E-state index contributed by atoms with van der Waals surface area (Å²) in [6.45, 7) is 3.73. The zero-order chi connectivity index (χ0) is 14.3. The van der Waals surface area contributed by atoms with Crippen molar-refractivity contribution in [2.24, 2.45) is 5.84 Å². The minimum atomic E-state index is -0.605. The maximum absolute atomic E-state index is 12.0. The summed E-state index contributed by atoms with van der Waals surface area (Å²) in [7, 11) is 1.50. The Hall–Kier alpha value is -1.22. The Bertz CT molecular complexity index is 313. The number of methoxy groups -OCH3 is 1. The second kappa shape index (κ2) is 8.05. The molecule has 0 aliphatic carbocycles. The normalized spacial score (nSPS) is 21.7. The molecule has 8 heteroatoms. The van der Waals surface area contributed by atoms with Gasteiger partial charge in [-0.05, 0) is 6.92 Å². The van der Waals surface area contributed by atoms with Crippen molar-refractivity contribution in [2.75, 3.05) is 40.0 Å². The maximum Gasteiger partial charge on any atom is 0.253 e. The van der Waals surface area contributed by atoms with Crippen LogP contribution < -0.4 is 16.6 Å². The maximum atomic E-state index is 12.0. The van der Waals surface area contributed by atoms with Crippen LogP contribution in [-0.2, 0) is 19.1 Å². The van der Waals surface area contributed by atoms with Gasteiger partial charge in [0.25, 0.3) is 5.91 Å². The number of hydrazine groups is 1. The van der Waals surface area contributed by atoms with Gasteiger partial charge < -0.3 is 14.8 Å². The van der Waals surface area contributed by atoms with Gasteiger partial charge in [0, 0.05) is 20.2 Å². The summed E-state index contributed by atoms with van der Waals surface area (Å²) in [5, 5.41) is 2.73. The van der Waals surface area contributed by atoms with Crippen LogP contribution in [0.4, 0.5) is 0 Å². The minimum Gasteiger partial charge on any atom is -0.383 e. The Morgan fingerprint density at radius 2 is 2.32 bits per heavy atom. The molecule has 0 aromatic rings. The van der Waals surface area contributed by atoms with Gasteiger partial charge in [-0.25, -0.2) is 5.84 Å². The lowest BCUT2D eigenvalue weighted by molar-refractivity contribution is -0.142. The number of likely N-dealkylation sites (N-methyl/N-ethyl adjacent to an activating group) is 1. The molecule has 110 valence electrons. The fourth-order valence-corrected chi connectivity index (χ4v) is 2.08. The molecule has 0 aromatic carbocycles. The third-order valence-corrected chi connectivity index (χ3v) is 2.99. The molecule has 0 radical (unpaired) electrons. The Morgan fingerprint density at radius 3 is 2.89 bits per heavy atom. The van der Waals surface area contributed by atoms with E-state index in [1.807, 2.05) is 6.92 Å². The number of morpholine rings is 1. The summed E-state index contributed by atoms with van der Waals surface area (Å²) in [5.74, 6) is 4.64. The number of amides is 2. The molecule has 8 nitrogen and oxygen atoms in total. The molecule has 4 N–H and O–H groups in total. The lowest BCUT2D eigenvalue weighted by atomic mass is 10.1. The number of ether oxygens (including phenoxy) is 2. The Morgan fingerprint density at radius 1 is 1.58 bits per heavy atom. The number of carbonyl (C=O) groups is 2. The van der Waals surface area contributed by atoms with Gasteiger partial charge in [-0.1, -0.05) is 0 Å². The first-order chi connectivity index (χ1) is 9.15. The van der Waals surface area contributed by atoms with Crippen LogP contribution >= 0.6 is 0 Å². The molecule has 1 saturated heterocycles. The molecule has 2 atom stereocenters. The van der Waals surface area contributed by atoms with Crippen LogP contribution in [-0.4, -0.2) is 68.8 Å². The molecule has 1 aliphatic rings. The summed E-state index contributed by atoms with van der Waals surface area (Å²) in [6, 6.07) is -1.11. The highest BCUT2D eigenvalue weighted by Gasteiger charge is 2.37. The van der Waals surface area contributed by atoms with Crippen molar-refractivity contribution >= 4 is 11.8 Å². The van der Waals surface area contributed by atoms with Gasteiger partial charge in [0.1, 0.15) is 12.1 Å². The first-order valence-corrected chi connectivity index (χ1v) is 6.26. The van der Waals surface area contributed by atoms with Gasteiger partial charge in [-0.15, -0.1) is 0 Å². The van der Waals surface area contributed by atoms with E-state index in [-0.39, 0.29) is 25.0 Å². The molecule has 2 unspecified atom stereocenters. The van der Waals surface area contributed by atoms with Crippen LogP contribution in [0.15, 0.2) is 0 Å². The van der Waals surface area contributed by atoms with Crippen LogP contribution in [0.3, 0.4) is 0 Å². The van der Waals surface area contributed by atoms with E-state index in [4.69, 9.17) is 15.3 Å². The topological polar surface area (TPSA) is 106 Å². The second-order valence-electron chi connectivity index (χ2n) is 4.20. The quantitative estimate of drug-likeness (QED) is 0.289. The van der Waals surface area contributed by atoms with E-state index < -0.39 is 12.1 Å². The third kappa shape index (κ3) is 4.13. The van der Waals surface area contributed by atoms with Crippen molar-refractivity contribution in [3.63, 3.8) is 0 Å². The molecule has 1 aliphatic heterocycles. The predicted molar refractivity (Wildman–Crippen MR) is 68.0 cm³/mol. The molecule has 19 heavy (non-hydrogen) atoms. The molecule has 0 saturated carbocycles. The van der Waals surface area contributed by atoms with Crippen molar-refractivity contribution in [1.29, 1.82) is 0 Å². The monoisotopic (exact) mass is 274 g/mol. The first-order valence-electron chi connectivity index (χ1n) is 6.26.